The number of halogens is 2. The summed E-state index contributed by atoms with van der Waals surface area (Å²) in [6.45, 7) is 2.24. The van der Waals surface area contributed by atoms with E-state index in [1.807, 2.05) is 45.2 Å². The van der Waals surface area contributed by atoms with Crippen molar-refractivity contribution in [3.05, 3.63) is 0 Å². The third kappa shape index (κ3) is 6.93. The molecule has 7 heavy (non-hydrogen) atoms. The molecule has 0 saturated carbocycles. The molecular weight excluding hydrogens is 322 g/mol. The molecule has 0 unspecified atom stereocenters. The van der Waals surface area contributed by atoms with E-state index in [0.29, 0.717) is 6.47 Å². The van der Waals surface area contributed by atoms with Crippen LogP contribution in [0.5, 0.6) is 0 Å². The lowest BCUT2D eigenvalue weighted by Crippen LogP contribution is -2.07. The first-order valence-electron chi connectivity index (χ1n) is 1.55. The molecule has 0 aliphatic rings. The largest absolute Gasteiger partial charge is 0.441 e. The maximum atomic E-state index is 9.59. The first kappa shape index (κ1) is 7.93. The van der Waals surface area contributed by atoms with Crippen LogP contribution in [0.4, 0.5) is 0 Å². The van der Waals surface area contributed by atoms with Crippen molar-refractivity contribution in [1.29, 1.82) is 0 Å². The Bertz CT molecular complexity index is 65.8. The molecule has 0 atom stereocenters. The van der Waals surface area contributed by atoms with Crippen molar-refractivity contribution in [1.82, 2.24) is 0 Å². The number of rotatable bonds is 2. The molecule has 42 valence electrons. The monoisotopic (exact) mass is 326 g/mol. The molecule has 0 bridgehead atoms. The second-order valence-corrected chi connectivity index (χ2v) is 7.20. The summed E-state index contributed by atoms with van der Waals surface area (Å²) < 4.78 is 4.14. The number of carbonyl (C=O) groups is 1. The van der Waals surface area contributed by atoms with Gasteiger partial charge in [0.15, 0.2) is 0 Å². The fraction of sp³-hybridized carbons (Fsp3) is 0.667. The van der Waals surface area contributed by atoms with Crippen molar-refractivity contribution in [3.8, 4) is 0 Å². The number of ether oxygens (including phenoxy) is 1. The van der Waals surface area contributed by atoms with Gasteiger partial charge >= 0.3 is 0 Å². The van der Waals surface area contributed by atoms with Gasteiger partial charge in [0, 0.05) is 0 Å². The van der Waals surface area contributed by atoms with E-state index in [9.17, 15) is 4.79 Å². The van der Waals surface area contributed by atoms with Crippen molar-refractivity contribution in [2.45, 2.75) is 8.54 Å². The molecule has 0 spiro atoms. The van der Waals surface area contributed by atoms with E-state index in [1.165, 1.54) is 0 Å². The predicted octanol–water partition coefficient (Wildman–Crippen LogP) is 1.70. The van der Waals surface area contributed by atoms with Crippen molar-refractivity contribution in [2.24, 2.45) is 0 Å². The van der Waals surface area contributed by atoms with Crippen LogP contribution >= 0.6 is 45.2 Å². The molecule has 0 aromatic rings. The zero-order valence-corrected chi connectivity index (χ0v) is 7.96. The highest BCUT2D eigenvalue weighted by molar-refractivity contribution is 14.2. The summed E-state index contributed by atoms with van der Waals surface area (Å²) in [7, 11) is 0. The van der Waals surface area contributed by atoms with Crippen LogP contribution in [0.3, 0.4) is 0 Å². The Morgan fingerprint density at radius 1 is 1.71 bits per heavy atom. The van der Waals surface area contributed by atoms with Crippen LogP contribution in [0.15, 0.2) is 0 Å². The topological polar surface area (TPSA) is 26.3 Å². The number of hydrogen-bond acceptors (Lipinski definition) is 2. The van der Waals surface area contributed by atoms with Gasteiger partial charge in [0.2, 0.25) is 1.61 Å². The van der Waals surface area contributed by atoms with E-state index < -0.39 is 0 Å². The van der Waals surface area contributed by atoms with E-state index in [1.54, 1.807) is 6.92 Å². The molecule has 0 radical (unpaired) electrons. The van der Waals surface area contributed by atoms with E-state index in [0.717, 1.165) is 0 Å². The van der Waals surface area contributed by atoms with Crippen LogP contribution in [0.2, 0.25) is 0 Å². The third-order valence-electron chi connectivity index (χ3n) is 0.255. The zero-order valence-electron chi connectivity index (χ0n) is 3.65. The molecule has 0 heterocycles. The number of hydrogen-bond donors (Lipinski definition) is 0. The Balaban J connectivity index is 3.34. The van der Waals surface area contributed by atoms with Crippen LogP contribution in [0.25, 0.3) is 0 Å². The van der Waals surface area contributed by atoms with Crippen LogP contribution in [0, 0.1) is 0 Å². The Hall–Kier alpha value is 0.930. The van der Waals surface area contributed by atoms with Crippen LogP contribution in [0.1, 0.15) is 6.92 Å². The summed E-state index contributed by atoms with van der Waals surface area (Å²) in [4.78, 5) is 9.59. The summed E-state index contributed by atoms with van der Waals surface area (Å²) in [6, 6.07) is 0. The molecule has 0 aromatic heterocycles. The Morgan fingerprint density at radius 2 is 2.14 bits per heavy atom. The second-order valence-electron chi connectivity index (χ2n) is 1.02. The average molecular weight is 326 g/mol. The molecule has 0 saturated heterocycles. The summed E-state index contributed by atoms with van der Waals surface area (Å²) in [6.07, 6.45) is 0. The van der Waals surface area contributed by atoms with Crippen LogP contribution < -0.4 is 0 Å². The highest BCUT2D eigenvalue weighted by Crippen LogP contribution is 2.26. The minimum atomic E-state index is -0.378. The van der Waals surface area contributed by atoms with E-state index in [4.69, 9.17) is 0 Å². The van der Waals surface area contributed by atoms with E-state index in [-0.39, 0.29) is 1.61 Å². The molecular formula is C3H4I2O2. The molecule has 0 fully saturated rings. The molecule has 0 N–H and O–H groups in total. The molecule has 0 rings (SSSR count). The average Bonchev–Trinajstić information content (AvgIpc) is 1.30. The SMILES string of the molecule is CC(I)(I)OC=O. The first-order chi connectivity index (χ1) is 3.06. The van der Waals surface area contributed by atoms with Gasteiger partial charge in [0.1, 0.15) is 0 Å². The first-order valence-corrected chi connectivity index (χ1v) is 3.71. The minimum Gasteiger partial charge on any atom is -0.441 e. The second kappa shape index (κ2) is 3.06. The Labute approximate surface area is 69.3 Å². The highest BCUT2D eigenvalue weighted by atomic mass is 127. The van der Waals surface area contributed by atoms with Gasteiger partial charge in [-0.05, 0) is 52.1 Å². The zero-order chi connectivity index (χ0) is 5.91. The smallest absolute Gasteiger partial charge is 0.295 e. The third-order valence-corrected chi connectivity index (χ3v) is 0.764. The summed E-state index contributed by atoms with van der Waals surface area (Å²) in [5.74, 6) is 0. The highest BCUT2D eigenvalue weighted by Gasteiger charge is 2.13. The van der Waals surface area contributed by atoms with Crippen molar-refractivity contribution in [3.63, 3.8) is 0 Å². The molecule has 0 aliphatic heterocycles. The van der Waals surface area contributed by atoms with Gasteiger partial charge in [-0.1, -0.05) is 0 Å². The predicted molar refractivity (Wildman–Crippen MR) is 43.6 cm³/mol. The summed E-state index contributed by atoms with van der Waals surface area (Å²) in [5, 5.41) is 0. The summed E-state index contributed by atoms with van der Waals surface area (Å²) in [5.41, 5.74) is 0. The Kier molecular flexibility index (Phi) is 3.46. The van der Waals surface area contributed by atoms with E-state index >= 15 is 0 Å². The lowest BCUT2D eigenvalue weighted by Gasteiger charge is -2.09. The molecule has 2 nitrogen and oxygen atoms in total. The van der Waals surface area contributed by atoms with Crippen molar-refractivity contribution in [2.75, 3.05) is 0 Å². The van der Waals surface area contributed by atoms with Crippen molar-refractivity contribution >= 4 is 51.7 Å². The lowest BCUT2D eigenvalue weighted by atomic mass is 10.9. The van der Waals surface area contributed by atoms with Crippen LogP contribution in [-0.2, 0) is 9.53 Å². The van der Waals surface area contributed by atoms with Crippen LogP contribution in [-0.4, -0.2) is 8.09 Å². The summed E-state index contributed by atoms with van der Waals surface area (Å²) >= 11 is 4.02. The van der Waals surface area contributed by atoms with Gasteiger partial charge in [0.25, 0.3) is 6.47 Å². The molecule has 0 aliphatic carbocycles. The van der Waals surface area contributed by atoms with Gasteiger partial charge in [-0.3, -0.25) is 4.79 Å². The molecule has 0 aromatic carbocycles. The Morgan fingerprint density at radius 3 is 2.14 bits per heavy atom. The van der Waals surface area contributed by atoms with Gasteiger partial charge < -0.3 is 4.74 Å². The minimum absolute atomic E-state index is 0.378. The fourth-order valence-corrected chi connectivity index (χ4v) is 0.292. The van der Waals surface area contributed by atoms with Gasteiger partial charge in [-0.25, -0.2) is 0 Å². The van der Waals surface area contributed by atoms with Crippen molar-refractivity contribution < 1.29 is 9.53 Å². The van der Waals surface area contributed by atoms with Gasteiger partial charge in [-0.2, -0.15) is 0 Å². The fourth-order valence-electron chi connectivity index (χ4n) is 0.0845. The normalized spacial score (nSPS) is 10.7. The lowest BCUT2D eigenvalue weighted by molar-refractivity contribution is -0.129. The van der Waals surface area contributed by atoms with E-state index in [2.05, 4.69) is 4.74 Å². The molecule has 4 heteroatoms. The quantitative estimate of drug-likeness (QED) is 0.439. The standard InChI is InChI=1S/C3H4I2O2/c1-3(4,5)7-2-6/h2H,1H3. The maximum absolute atomic E-state index is 9.59. The van der Waals surface area contributed by atoms with Gasteiger partial charge in [-0.15, -0.1) is 0 Å². The number of carbonyl (C=O) groups excluding carboxylic acids is 1. The molecule has 0 amide bonds. The van der Waals surface area contributed by atoms with Gasteiger partial charge in [0.05, 0.1) is 0 Å². The maximum Gasteiger partial charge on any atom is 0.295 e. The number of alkyl halides is 2.